The lowest BCUT2D eigenvalue weighted by molar-refractivity contribution is 0.0903. The van der Waals surface area contributed by atoms with E-state index in [1.54, 1.807) is 0 Å². The Morgan fingerprint density at radius 1 is 1.12 bits per heavy atom. The zero-order valence-corrected chi connectivity index (χ0v) is 19.6. The highest BCUT2D eigenvalue weighted by Crippen LogP contribution is 2.32. The smallest absolute Gasteiger partial charge is 0.228 e. The van der Waals surface area contributed by atoms with E-state index in [1.165, 1.54) is 11.1 Å². The van der Waals surface area contributed by atoms with Crippen LogP contribution in [-0.2, 0) is 35.0 Å². The second-order valence-electron chi connectivity index (χ2n) is 8.98. The zero-order valence-electron chi connectivity index (χ0n) is 18.8. The summed E-state index contributed by atoms with van der Waals surface area (Å²) in [6.07, 6.45) is 4.57. The molecule has 5 heterocycles. The van der Waals surface area contributed by atoms with E-state index >= 15 is 0 Å². The summed E-state index contributed by atoms with van der Waals surface area (Å²) in [5, 5.41) is 3.57. The fourth-order valence-corrected chi connectivity index (χ4v) is 6.16. The van der Waals surface area contributed by atoms with Crippen molar-refractivity contribution in [1.29, 1.82) is 0 Å². The standard InChI is InChI=1S/C24H28N6O2S/c1-16-2-4-17(5-3-16)20-14-25-21-15-29(9-10-30(20)21)24-27-19-8-13-33(31)22(19)23(28-24)26-18-6-11-32-12-7-18/h2-5,14,18H,6-13,15H2,1H3,(H,26,27,28). The highest BCUT2D eigenvalue weighted by Gasteiger charge is 2.30. The quantitative estimate of drug-likeness (QED) is 0.635. The van der Waals surface area contributed by atoms with Gasteiger partial charge in [-0.3, -0.25) is 4.21 Å². The first kappa shape index (κ1) is 20.8. The van der Waals surface area contributed by atoms with Crippen molar-refractivity contribution in [3.8, 4) is 11.3 Å². The lowest BCUT2D eigenvalue weighted by Crippen LogP contribution is -2.36. The fraction of sp³-hybridized carbons (Fsp3) is 0.458. The van der Waals surface area contributed by atoms with Crippen LogP contribution in [0.4, 0.5) is 11.8 Å². The Morgan fingerprint density at radius 3 is 2.76 bits per heavy atom. The molecule has 0 radical (unpaired) electrons. The number of anilines is 2. The van der Waals surface area contributed by atoms with Crippen LogP contribution in [0.15, 0.2) is 35.4 Å². The Bertz CT molecular complexity index is 1200. The number of aryl methyl sites for hydroxylation is 2. The van der Waals surface area contributed by atoms with Gasteiger partial charge in [0.2, 0.25) is 5.95 Å². The van der Waals surface area contributed by atoms with Gasteiger partial charge in [-0.1, -0.05) is 29.8 Å². The lowest BCUT2D eigenvalue weighted by atomic mass is 10.1. The van der Waals surface area contributed by atoms with E-state index in [9.17, 15) is 4.21 Å². The SMILES string of the molecule is Cc1ccc(-c2cnc3n2CCN(c2nc4c(c(NC5CCOCC5)n2)S(=O)CC4)C3)cc1. The summed E-state index contributed by atoms with van der Waals surface area (Å²) in [7, 11) is -1.04. The first-order valence-corrected chi connectivity index (χ1v) is 13.0. The molecular weight excluding hydrogens is 436 g/mol. The maximum Gasteiger partial charge on any atom is 0.228 e. The maximum atomic E-state index is 12.7. The van der Waals surface area contributed by atoms with Crippen molar-refractivity contribution < 1.29 is 8.95 Å². The van der Waals surface area contributed by atoms with Gasteiger partial charge in [-0.05, 0) is 25.3 Å². The number of imidazole rings is 1. The van der Waals surface area contributed by atoms with Gasteiger partial charge in [0.05, 0.1) is 34.9 Å². The van der Waals surface area contributed by atoms with E-state index in [1.807, 2.05) is 6.20 Å². The van der Waals surface area contributed by atoms with E-state index < -0.39 is 10.8 Å². The largest absolute Gasteiger partial charge is 0.381 e. The first-order chi connectivity index (χ1) is 16.2. The highest BCUT2D eigenvalue weighted by molar-refractivity contribution is 7.85. The van der Waals surface area contributed by atoms with E-state index in [4.69, 9.17) is 19.7 Å². The third kappa shape index (κ3) is 3.93. The summed E-state index contributed by atoms with van der Waals surface area (Å²) in [6, 6.07) is 8.88. The van der Waals surface area contributed by atoms with Crippen LogP contribution in [0, 0.1) is 6.92 Å². The van der Waals surface area contributed by atoms with Crippen LogP contribution in [-0.4, -0.2) is 55.3 Å². The number of fused-ring (bicyclic) bond motifs is 2. The van der Waals surface area contributed by atoms with Crippen molar-refractivity contribution in [2.75, 3.05) is 35.7 Å². The Balaban J connectivity index is 1.29. The number of ether oxygens (including phenoxy) is 1. The Kier molecular flexibility index (Phi) is 5.38. The molecule has 1 fully saturated rings. The maximum absolute atomic E-state index is 12.7. The van der Waals surface area contributed by atoms with Crippen LogP contribution >= 0.6 is 0 Å². The van der Waals surface area contributed by atoms with Crippen LogP contribution in [0.5, 0.6) is 0 Å². The number of nitrogens with zero attached hydrogens (tertiary/aromatic N) is 5. The van der Waals surface area contributed by atoms with Gasteiger partial charge in [-0.25, -0.2) is 9.97 Å². The minimum absolute atomic E-state index is 0.292. The Morgan fingerprint density at radius 2 is 1.94 bits per heavy atom. The van der Waals surface area contributed by atoms with Crippen molar-refractivity contribution in [2.45, 2.75) is 50.2 Å². The fourth-order valence-electron chi connectivity index (χ4n) is 4.84. The molecule has 9 heteroatoms. The average molecular weight is 465 g/mol. The van der Waals surface area contributed by atoms with Crippen LogP contribution in [0.3, 0.4) is 0 Å². The molecule has 0 aliphatic carbocycles. The van der Waals surface area contributed by atoms with Gasteiger partial charge in [-0.2, -0.15) is 4.98 Å². The van der Waals surface area contributed by atoms with Crippen molar-refractivity contribution >= 4 is 22.6 Å². The summed E-state index contributed by atoms with van der Waals surface area (Å²) in [5.74, 6) is 3.09. The van der Waals surface area contributed by atoms with E-state index in [0.29, 0.717) is 24.3 Å². The molecular formula is C24H28N6O2S. The molecule has 1 saturated heterocycles. The van der Waals surface area contributed by atoms with Gasteiger partial charge in [-0.15, -0.1) is 0 Å². The molecule has 33 heavy (non-hydrogen) atoms. The molecule has 3 aromatic rings. The second kappa shape index (κ2) is 8.53. The molecule has 8 nitrogen and oxygen atoms in total. The first-order valence-electron chi connectivity index (χ1n) is 11.7. The molecule has 0 amide bonds. The molecule has 1 aromatic carbocycles. The molecule has 0 saturated carbocycles. The number of hydrogen-bond donors (Lipinski definition) is 1. The molecule has 1 atom stereocenters. The minimum atomic E-state index is -1.04. The van der Waals surface area contributed by atoms with Crippen LogP contribution in [0.1, 0.15) is 29.9 Å². The van der Waals surface area contributed by atoms with Gasteiger partial charge in [0.15, 0.2) is 0 Å². The summed E-state index contributed by atoms with van der Waals surface area (Å²) < 4.78 is 20.5. The second-order valence-corrected chi connectivity index (χ2v) is 10.5. The predicted octanol–water partition coefficient (Wildman–Crippen LogP) is 2.92. The number of benzene rings is 1. The lowest BCUT2D eigenvalue weighted by Gasteiger charge is -2.30. The van der Waals surface area contributed by atoms with Gasteiger partial charge >= 0.3 is 0 Å². The summed E-state index contributed by atoms with van der Waals surface area (Å²) in [5.41, 5.74) is 4.51. The molecule has 1 unspecified atom stereocenters. The van der Waals surface area contributed by atoms with E-state index in [0.717, 1.165) is 73.5 Å². The zero-order chi connectivity index (χ0) is 22.4. The van der Waals surface area contributed by atoms with Gasteiger partial charge < -0.3 is 19.5 Å². The van der Waals surface area contributed by atoms with Gasteiger partial charge in [0.1, 0.15) is 16.5 Å². The third-order valence-electron chi connectivity index (χ3n) is 6.73. The highest BCUT2D eigenvalue weighted by atomic mass is 32.2. The molecule has 1 N–H and O–H groups in total. The summed E-state index contributed by atoms with van der Waals surface area (Å²) in [6.45, 7) is 5.89. The third-order valence-corrected chi connectivity index (χ3v) is 8.19. The predicted molar refractivity (Wildman–Crippen MR) is 128 cm³/mol. The number of hydrogen-bond acceptors (Lipinski definition) is 7. The summed E-state index contributed by atoms with van der Waals surface area (Å²) >= 11 is 0. The van der Waals surface area contributed by atoms with Crippen LogP contribution in [0.2, 0.25) is 0 Å². The van der Waals surface area contributed by atoms with Crippen LogP contribution < -0.4 is 10.2 Å². The molecule has 6 rings (SSSR count). The molecule has 3 aliphatic rings. The Hall–Kier alpha value is -2.78. The van der Waals surface area contributed by atoms with Crippen molar-refractivity contribution in [2.24, 2.45) is 0 Å². The molecule has 3 aliphatic heterocycles. The van der Waals surface area contributed by atoms with Gasteiger partial charge in [0, 0.05) is 44.5 Å². The molecule has 172 valence electrons. The van der Waals surface area contributed by atoms with Crippen LogP contribution in [0.25, 0.3) is 11.3 Å². The van der Waals surface area contributed by atoms with Crippen molar-refractivity contribution in [1.82, 2.24) is 19.5 Å². The number of nitrogens with one attached hydrogen (secondary N) is 1. The Labute approximate surface area is 195 Å². The average Bonchev–Trinajstić information content (AvgIpc) is 3.43. The molecule has 2 aromatic heterocycles. The molecule has 0 bridgehead atoms. The van der Waals surface area contributed by atoms with Crippen molar-refractivity contribution in [3.05, 3.63) is 47.5 Å². The molecule has 0 spiro atoms. The van der Waals surface area contributed by atoms with E-state index in [-0.39, 0.29) is 0 Å². The number of rotatable bonds is 4. The summed E-state index contributed by atoms with van der Waals surface area (Å²) in [4.78, 5) is 17.5. The monoisotopic (exact) mass is 464 g/mol. The van der Waals surface area contributed by atoms with Crippen molar-refractivity contribution in [3.63, 3.8) is 0 Å². The van der Waals surface area contributed by atoms with E-state index in [2.05, 4.69) is 46.0 Å². The minimum Gasteiger partial charge on any atom is -0.381 e. The number of aromatic nitrogens is 4. The van der Waals surface area contributed by atoms with Gasteiger partial charge in [0.25, 0.3) is 0 Å². The normalized spacial score (nSPS) is 20.5. The topological polar surface area (TPSA) is 85.2 Å².